The highest BCUT2D eigenvalue weighted by molar-refractivity contribution is 8.93. The fourth-order valence-corrected chi connectivity index (χ4v) is 5.43. The second-order valence-electron chi connectivity index (χ2n) is 10.5. The van der Waals surface area contributed by atoms with E-state index in [2.05, 4.69) is 42.4 Å². The lowest BCUT2D eigenvalue weighted by Gasteiger charge is -2.15. The summed E-state index contributed by atoms with van der Waals surface area (Å²) in [5, 5.41) is 2.91. The fraction of sp³-hybridized carbons (Fsp3) is 0.545. The van der Waals surface area contributed by atoms with E-state index in [1.165, 1.54) is 81.1 Å². The molecule has 0 spiro atoms. The molecule has 0 radical (unpaired) electrons. The number of carbonyl (C=O) groups is 1. The number of nitrogens with zero attached hydrogens (tertiary/aromatic N) is 1. The van der Waals surface area contributed by atoms with Gasteiger partial charge in [-0.3, -0.25) is 4.79 Å². The quantitative estimate of drug-likeness (QED) is 0.147. The van der Waals surface area contributed by atoms with E-state index in [1.54, 1.807) is 0 Å². The molecule has 2 aromatic carbocycles. The maximum absolute atomic E-state index is 12.4. The van der Waals surface area contributed by atoms with Gasteiger partial charge in [-0.25, -0.2) is 0 Å². The number of amides is 1. The number of carbonyl (C=O) groups excluding carboxylic acids is 1. The maximum Gasteiger partial charge on any atom is 0.262 e. The summed E-state index contributed by atoms with van der Waals surface area (Å²) in [6.45, 7) is 5.95. The molecule has 0 saturated carbocycles. The molecule has 0 unspecified atom stereocenters. The van der Waals surface area contributed by atoms with Crippen LogP contribution in [0.15, 0.2) is 59.6 Å². The Morgan fingerprint density at radius 2 is 1.45 bits per heavy atom. The third-order valence-electron chi connectivity index (χ3n) is 6.89. The zero-order chi connectivity index (χ0) is 27.5. The molecule has 40 heavy (non-hydrogen) atoms. The Labute approximate surface area is 257 Å². The van der Waals surface area contributed by atoms with Gasteiger partial charge in [-0.15, -0.1) is 28.7 Å². The lowest BCUT2D eigenvalue weighted by molar-refractivity contribution is -0.118. The number of ether oxygens (including phenoxy) is 2. The number of thioether (sulfide) groups is 1. The SMILES string of the molecule is Br.CCCCCCCCCCCCCCOc1cccc(OCC(=O)Nc2ccc(CN3C=C(C)SC3)cc2)c1. The number of hydrogen-bond acceptors (Lipinski definition) is 5. The molecule has 0 atom stereocenters. The van der Waals surface area contributed by atoms with Crippen molar-refractivity contribution in [3.63, 3.8) is 0 Å². The van der Waals surface area contributed by atoms with Gasteiger partial charge in [0.1, 0.15) is 11.5 Å². The van der Waals surface area contributed by atoms with Gasteiger partial charge in [-0.05, 0) is 48.1 Å². The van der Waals surface area contributed by atoms with E-state index in [4.69, 9.17) is 9.47 Å². The molecule has 0 saturated heterocycles. The van der Waals surface area contributed by atoms with Crippen LogP contribution in [-0.4, -0.2) is 29.9 Å². The third-order valence-corrected chi connectivity index (χ3v) is 7.91. The molecule has 3 rings (SSSR count). The highest BCUT2D eigenvalue weighted by atomic mass is 79.9. The summed E-state index contributed by atoms with van der Waals surface area (Å²) >= 11 is 1.86. The number of hydrogen-bond donors (Lipinski definition) is 1. The molecule has 1 aliphatic heterocycles. The van der Waals surface area contributed by atoms with Crippen molar-refractivity contribution in [1.29, 1.82) is 0 Å². The number of unbranched alkanes of at least 4 members (excludes halogenated alkanes) is 11. The predicted octanol–water partition coefficient (Wildman–Crippen LogP) is 9.73. The van der Waals surface area contributed by atoms with Crippen LogP contribution in [0, 0.1) is 0 Å². The first-order valence-corrected chi connectivity index (χ1v) is 15.9. The maximum atomic E-state index is 12.4. The fourth-order valence-electron chi connectivity index (χ4n) is 4.67. The lowest BCUT2D eigenvalue weighted by Crippen LogP contribution is -2.20. The van der Waals surface area contributed by atoms with Crippen molar-refractivity contribution in [2.75, 3.05) is 24.4 Å². The van der Waals surface area contributed by atoms with E-state index in [-0.39, 0.29) is 29.5 Å². The van der Waals surface area contributed by atoms with Gasteiger partial charge >= 0.3 is 0 Å². The van der Waals surface area contributed by atoms with Gasteiger partial charge in [0.05, 0.1) is 12.5 Å². The standard InChI is InChI=1S/C33H48N2O3S.BrH/c1-3-4-5-6-7-8-9-10-11-12-13-14-22-37-31-16-15-17-32(23-31)38-26-33(36)34-30-20-18-29(19-21-30)25-35-24-28(2)39-27-35;/h15-21,23-24H,3-14,22,25-27H2,1-2H3,(H,34,36);1H. The molecule has 1 heterocycles. The number of anilines is 1. The molecular formula is C33H49BrN2O3S. The van der Waals surface area contributed by atoms with Gasteiger partial charge in [0.25, 0.3) is 5.91 Å². The Kier molecular flexibility index (Phi) is 17.6. The Morgan fingerprint density at radius 3 is 2.05 bits per heavy atom. The van der Waals surface area contributed by atoms with E-state index in [0.29, 0.717) is 12.4 Å². The molecule has 0 fully saturated rings. The molecule has 222 valence electrons. The van der Waals surface area contributed by atoms with E-state index in [1.807, 2.05) is 48.2 Å². The second kappa shape index (κ2) is 20.7. The van der Waals surface area contributed by atoms with Crippen LogP contribution in [0.2, 0.25) is 0 Å². The molecule has 7 heteroatoms. The number of allylic oxidation sites excluding steroid dienone is 1. The summed E-state index contributed by atoms with van der Waals surface area (Å²) in [4.78, 5) is 16.0. The zero-order valence-electron chi connectivity index (χ0n) is 24.5. The normalized spacial score (nSPS) is 12.6. The van der Waals surface area contributed by atoms with Crippen LogP contribution in [0.1, 0.15) is 96.5 Å². The van der Waals surface area contributed by atoms with E-state index < -0.39 is 0 Å². The smallest absolute Gasteiger partial charge is 0.262 e. The largest absolute Gasteiger partial charge is 0.493 e. The van der Waals surface area contributed by atoms with Gasteiger partial charge < -0.3 is 19.7 Å². The van der Waals surface area contributed by atoms with Gasteiger partial charge in [-0.1, -0.05) is 95.8 Å². The average molecular weight is 634 g/mol. The molecule has 1 N–H and O–H groups in total. The first-order valence-electron chi connectivity index (χ1n) is 14.9. The topological polar surface area (TPSA) is 50.8 Å². The summed E-state index contributed by atoms with van der Waals surface area (Å²) < 4.78 is 11.6. The summed E-state index contributed by atoms with van der Waals surface area (Å²) in [6, 6.07) is 15.5. The number of benzene rings is 2. The minimum absolute atomic E-state index is 0. The third kappa shape index (κ3) is 14.5. The predicted molar refractivity (Wildman–Crippen MR) is 176 cm³/mol. The van der Waals surface area contributed by atoms with Crippen LogP contribution in [-0.2, 0) is 11.3 Å². The summed E-state index contributed by atoms with van der Waals surface area (Å²) in [5.74, 6) is 2.24. The Hall–Kier alpha value is -2.12. The number of nitrogens with one attached hydrogen (secondary N) is 1. The molecule has 1 amide bonds. The van der Waals surface area contributed by atoms with Crippen molar-refractivity contribution in [1.82, 2.24) is 4.90 Å². The zero-order valence-corrected chi connectivity index (χ0v) is 27.0. The Bertz CT molecular complexity index is 999. The Morgan fingerprint density at radius 1 is 0.850 bits per heavy atom. The van der Waals surface area contributed by atoms with E-state index in [0.717, 1.165) is 30.3 Å². The van der Waals surface area contributed by atoms with Gasteiger partial charge in [0.15, 0.2) is 6.61 Å². The molecule has 0 aromatic heterocycles. The second-order valence-corrected chi connectivity index (χ2v) is 11.7. The number of rotatable bonds is 20. The van der Waals surface area contributed by atoms with Crippen molar-refractivity contribution < 1.29 is 14.3 Å². The lowest BCUT2D eigenvalue weighted by atomic mass is 10.1. The van der Waals surface area contributed by atoms with Crippen LogP contribution in [0.5, 0.6) is 11.5 Å². The van der Waals surface area contributed by atoms with E-state index in [9.17, 15) is 4.79 Å². The Balaban J connectivity index is 0.00000560. The minimum Gasteiger partial charge on any atom is -0.493 e. The van der Waals surface area contributed by atoms with Gasteiger partial charge in [0, 0.05) is 24.5 Å². The first-order chi connectivity index (χ1) is 19.1. The first kappa shape index (κ1) is 34.1. The molecule has 5 nitrogen and oxygen atoms in total. The van der Waals surface area contributed by atoms with Gasteiger partial charge in [0.2, 0.25) is 0 Å². The van der Waals surface area contributed by atoms with Gasteiger partial charge in [-0.2, -0.15) is 0 Å². The number of halogens is 1. The molecular weight excluding hydrogens is 584 g/mol. The highest BCUT2D eigenvalue weighted by Crippen LogP contribution is 2.26. The van der Waals surface area contributed by atoms with Crippen LogP contribution in [0.4, 0.5) is 5.69 Å². The summed E-state index contributed by atoms with van der Waals surface area (Å²) in [7, 11) is 0. The van der Waals surface area contributed by atoms with Crippen LogP contribution < -0.4 is 14.8 Å². The minimum atomic E-state index is -0.180. The highest BCUT2D eigenvalue weighted by Gasteiger charge is 2.10. The molecule has 0 bridgehead atoms. The monoisotopic (exact) mass is 632 g/mol. The molecule has 1 aliphatic rings. The van der Waals surface area contributed by atoms with Crippen LogP contribution in [0.3, 0.4) is 0 Å². The van der Waals surface area contributed by atoms with Crippen molar-refractivity contribution in [2.45, 2.75) is 97.4 Å². The summed E-state index contributed by atoms with van der Waals surface area (Å²) in [6.07, 6.45) is 18.2. The van der Waals surface area contributed by atoms with Crippen molar-refractivity contribution in [2.24, 2.45) is 0 Å². The summed E-state index contributed by atoms with van der Waals surface area (Å²) in [5.41, 5.74) is 1.99. The van der Waals surface area contributed by atoms with Crippen LogP contribution >= 0.6 is 28.7 Å². The molecule has 0 aliphatic carbocycles. The van der Waals surface area contributed by atoms with E-state index >= 15 is 0 Å². The van der Waals surface area contributed by atoms with Crippen molar-refractivity contribution >= 4 is 40.3 Å². The molecule has 2 aromatic rings. The average Bonchev–Trinajstić information content (AvgIpc) is 3.35. The van der Waals surface area contributed by atoms with Crippen LogP contribution in [0.25, 0.3) is 0 Å². The van der Waals surface area contributed by atoms with Crippen molar-refractivity contribution in [3.05, 3.63) is 65.2 Å². The van der Waals surface area contributed by atoms with Crippen molar-refractivity contribution in [3.8, 4) is 11.5 Å².